The summed E-state index contributed by atoms with van der Waals surface area (Å²) < 4.78 is 25.6. The number of benzene rings is 1. The van der Waals surface area contributed by atoms with Crippen molar-refractivity contribution < 1.29 is 37.5 Å². The summed E-state index contributed by atoms with van der Waals surface area (Å²) in [4.78, 5) is 44.1. The third-order valence-corrected chi connectivity index (χ3v) is 18.9. The van der Waals surface area contributed by atoms with Crippen LogP contribution in [0.3, 0.4) is 0 Å². The molecule has 1 aliphatic heterocycles. The largest absolute Gasteiger partial charge is 0.614 e. The molecule has 0 spiro atoms. The summed E-state index contributed by atoms with van der Waals surface area (Å²) in [5.74, 6) is -0.798. The number of allylic oxidation sites excluding steroid dienone is 2. The van der Waals surface area contributed by atoms with E-state index in [1.54, 1.807) is 24.3 Å². The maximum atomic E-state index is 14.0. The van der Waals surface area contributed by atoms with Crippen molar-refractivity contribution >= 4 is 50.8 Å². The van der Waals surface area contributed by atoms with Crippen molar-refractivity contribution in [2.75, 3.05) is 6.54 Å². The van der Waals surface area contributed by atoms with Crippen molar-refractivity contribution in [3.63, 3.8) is 0 Å². The minimum atomic E-state index is -1.03. The number of aldehydes is 1. The van der Waals surface area contributed by atoms with Crippen molar-refractivity contribution in [3.8, 4) is 0 Å². The Labute approximate surface area is 361 Å². The van der Waals surface area contributed by atoms with E-state index in [4.69, 9.17) is 23.5 Å². The van der Waals surface area contributed by atoms with Gasteiger partial charge in [0.25, 0.3) is 5.97 Å². The van der Waals surface area contributed by atoms with Gasteiger partial charge in [0.1, 0.15) is 6.29 Å². The molecule has 1 saturated heterocycles. The standard InChI is InChI=1S/C45H63N3O8.Al.HI.H/c1-26-27(2)36(56-37(51)28-12-10-9-11-13-28)38(54-31(26)24-47-48-46)55-35-17-18-41(5)32(42(35,6)25-49)16-19-43(7)33(41)15-14-29-30-22-40(3,4)20-21-45(30,39(52)53)34(50)23-44(29,43)8;;;/h9-14,25-27,30-36,38,50H,15-24H2,1-8H3,(H,52,53);;1H;/q;+2;;/p-2/t26-,27-,30?,31?,32+,33?,34?,35-,36?,38-,41?,42+,43?,44+,45+;;;/m0.../s1. The van der Waals surface area contributed by atoms with Gasteiger partial charge in [0.05, 0.1) is 41.3 Å². The molecule has 0 aromatic heterocycles. The summed E-state index contributed by atoms with van der Waals surface area (Å²) in [7, 11) is 0. The Morgan fingerprint density at radius 2 is 1.74 bits per heavy atom. The van der Waals surface area contributed by atoms with Gasteiger partial charge in [-0.05, 0) is 121 Å². The summed E-state index contributed by atoms with van der Waals surface area (Å²) in [5, 5.41) is 16.2. The van der Waals surface area contributed by atoms with E-state index >= 15 is 0 Å². The van der Waals surface area contributed by atoms with Gasteiger partial charge in [-0.2, -0.15) is 20.3 Å². The smallest absolute Gasteiger partial charge is 0.611 e. The molecule has 0 amide bonds. The number of carbonyl (C=O) groups is 3. The summed E-state index contributed by atoms with van der Waals surface area (Å²) in [6, 6.07) is 8.87. The van der Waals surface area contributed by atoms with Crippen LogP contribution in [0.4, 0.5) is 0 Å². The number of fused-ring (bicyclic) bond motifs is 7. The first-order valence-corrected chi connectivity index (χ1v) is 27.2. The number of rotatable bonds is 9. The Kier molecular flexibility index (Phi) is 12.2. The molecule has 316 valence electrons. The molecule has 1 aromatic carbocycles. The molecule has 0 radical (unpaired) electrons. The van der Waals surface area contributed by atoms with E-state index in [1.807, 2.05) is 26.8 Å². The van der Waals surface area contributed by atoms with Gasteiger partial charge in [0.15, 0.2) is 12.4 Å². The van der Waals surface area contributed by atoms with Crippen LogP contribution in [0.2, 0.25) is 0 Å². The average molecular weight is 928 g/mol. The maximum absolute atomic E-state index is 14.0. The molecule has 13 heteroatoms. The van der Waals surface area contributed by atoms with Gasteiger partial charge in [-0.3, -0.25) is 4.79 Å². The predicted molar refractivity (Wildman–Crippen MR) is 230 cm³/mol. The Hall–Kier alpha value is -1.98. The van der Waals surface area contributed by atoms with Crippen LogP contribution in [0.1, 0.15) is 124 Å². The fourth-order valence-electron chi connectivity index (χ4n) is 13.8. The highest BCUT2D eigenvalue weighted by Crippen LogP contribution is 2.76. The molecular formula is C45H63AlIN3O8. The lowest BCUT2D eigenvalue weighted by Gasteiger charge is -2.71. The Bertz CT molecular complexity index is 1840. The van der Waals surface area contributed by atoms with E-state index < -0.39 is 59.8 Å². The molecule has 1 heterocycles. The quantitative estimate of drug-likeness (QED) is 0.0296. The molecule has 0 bridgehead atoms. The van der Waals surface area contributed by atoms with Crippen LogP contribution in [0.5, 0.6) is 0 Å². The minimum absolute atomic E-state index is 0.00178. The molecule has 7 unspecified atom stereocenters. The molecule has 7 rings (SSSR count). The van der Waals surface area contributed by atoms with Crippen LogP contribution in [-0.4, -0.2) is 72.9 Å². The van der Waals surface area contributed by atoms with Gasteiger partial charge in [-0.1, -0.05) is 90.4 Å². The van der Waals surface area contributed by atoms with Crippen LogP contribution in [-0.2, 0) is 27.6 Å². The number of azide groups is 1. The number of nitrogens with zero attached hydrogens (tertiary/aromatic N) is 3. The van der Waals surface area contributed by atoms with Crippen molar-refractivity contribution in [1.29, 1.82) is 0 Å². The first-order valence-electron chi connectivity index (χ1n) is 21.5. The molecular weight excluding hydrogens is 864 g/mol. The highest BCUT2D eigenvalue weighted by molar-refractivity contribution is 14.1. The van der Waals surface area contributed by atoms with Crippen LogP contribution >= 0.6 is 20.3 Å². The van der Waals surface area contributed by atoms with Crippen molar-refractivity contribution in [2.24, 2.45) is 67.2 Å². The topological polar surface area (TPSA) is 157 Å². The fourth-order valence-corrected chi connectivity index (χ4v) is 15.0. The van der Waals surface area contributed by atoms with Gasteiger partial charge in [0.2, 0.25) is 0 Å². The lowest BCUT2D eigenvalue weighted by atomic mass is 9.33. The highest BCUT2D eigenvalue weighted by Gasteiger charge is 2.72. The number of aliphatic hydroxyl groups excluding tert-OH is 1. The second-order valence-corrected chi connectivity index (χ2v) is 22.9. The summed E-state index contributed by atoms with van der Waals surface area (Å²) in [5.41, 5.74) is 8.46. The highest BCUT2D eigenvalue weighted by atomic mass is 127. The van der Waals surface area contributed by atoms with Gasteiger partial charge in [-0.15, -0.1) is 0 Å². The number of halogens is 1. The Morgan fingerprint density at radius 3 is 2.41 bits per heavy atom. The third-order valence-electron chi connectivity index (χ3n) is 17.5. The number of ether oxygens (including phenoxy) is 3. The van der Waals surface area contributed by atoms with Crippen LogP contribution in [0.25, 0.3) is 10.4 Å². The first-order chi connectivity index (χ1) is 27.4. The van der Waals surface area contributed by atoms with E-state index in [0.717, 1.165) is 44.8 Å². The number of carbonyl (C=O) groups excluding carboxylic acids is 3. The molecule has 6 aliphatic rings. The number of esters is 1. The van der Waals surface area contributed by atoms with E-state index in [0.29, 0.717) is 24.8 Å². The molecule has 1 N–H and O–H groups in total. The molecule has 5 aliphatic carbocycles. The van der Waals surface area contributed by atoms with Crippen molar-refractivity contribution in [1.82, 2.24) is 0 Å². The number of hydrogen-bond donors (Lipinski definition) is 1. The van der Waals surface area contributed by atoms with Crippen molar-refractivity contribution in [2.45, 2.75) is 144 Å². The normalized spacial score (nSPS) is 45.3. The monoisotopic (exact) mass is 927 g/mol. The Balaban J connectivity index is 1.20. The zero-order chi connectivity index (χ0) is 42.1. The van der Waals surface area contributed by atoms with Crippen LogP contribution < -0.4 is 0 Å². The zero-order valence-electron chi connectivity index (χ0n) is 35.6. The zero-order valence-corrected chi connectivity index (χ0v) is 39.2. The second kappa shape index (κ2) is 16.1. The van der Waals surface area contributed by atoms with E-state index in [2.05, 4.69) is 71.0 Å². The van der Waals surface area contributed by atoms with Gasteiger partial charge < -0.3 is 27.9 Å². The molecule has 58 heavy (non-hydrogen) atoms. The molecule has 1 aromatic rings. The Morgan fingerprint density at radius 1 is 1.02 bits per heavy atom. The predicted octanol–water partition coefficient (Wildman–Crippen LogP) is 9.10. The molecule has 5 fully saturated rings. The fraction of sp³-hybridized carbons (Fsp3) is 0.756. The lowest BCUT2D eigenvalue weighted by Crippen LogP contribution is -2.68. The number of hydrogen-bond acceptors (Lipinski definition) is 9. The summed E-state index contributed by atoms with van der Waals surface area (Å²) >= 11 is 1.19. The van der Waals surface area contributed by atoms with E-state index in [1.165, 1.54) is 5.57 Å². The van der Waals surface area contributed by atoms with Gasteiger partial charge in [-0.25, -0.2) is 4.79 Å². The molecule has 11 nitrogen and oxygen atoms in total. The minimum Gasteiger partial charge on any atom is -0.611 e. The first kappa shape index (κ1) is 44.1. The third kappa shape index (κ3) is 6.84. The van der Waals surface area contributed by atoms with Crippen LogP contribution in [0.15, 0.2) is 47.1 Å². The van der Waals surface area contributed by atoms with Crippen molar-refractivity contribution in [3.05, 3.63) is 58.0 Å². The molecule has 4 saturated carbocycles. The average Bonchev–Trinajstić information content (AvgIpc) is 3.18. The van der Waals surface area contributed by atoms with E-state index in [9.17, 15) is 19.5 Å². The van der Waals surface area contributed by atoms with Gasteiger partial charge >= 0.3 is 18.2 Å². The molecule has 15 atom stereocenters. The van der Waals surface area contributed by atoms with Gasteiger partial charge in [0, 0.05) is 10.8 Å². The summed E-state index contributed by atoms with van der Waals surface area (Å²) in [6.07, 6.45) is 6.96. The SMILES string of the molecule is C[C@@H]1C(CN=[N+]=[N-])O[C@@H](O[C@H]2CCC3(C)C4CC=C5C6CC(C)(C)CC[C@]6(C(=O)[O][AlH][I])C(O)C[C@@]5(C)C4(C)CC[C@H]3[C@@]2(C)C=O)C(OC(=O)c2ccccc2)[C@H]1C. The van der Waals surface area contributed by atoms with Crippen LogP contribution in [0, 0.1) is 62.1 Å². The maximum Gasteiger partial charge on any atom is 0.614 e. The van der Waals surface area contributed by atoms with E-state index in [-0.39, 0.29) is 63.8 Å². The summed E-state index contributed by atoms with van der Waals surface area (Å²) in [6.45, 7) is 17.9. The number of aliphatic hydroxyl groups is 1. The second-order valence-electron chi connectivity index (χ2n) is 20.6. The lowest BCUT2D eigenvalue weighted by molar-refractivity contribution is -0.305.